The number of hydrogen-bond acceptors (Lipinski definition) is 2. The van der Waals surface area contributed by atoms with Crippen LogP contribution < -0.4 is 5.73 Å². The fourth-order valence-electron chi connectivity index (χ4n) is 1.04. The van der Waals surface area contributed by atoms with Crippen LogP contribution in [0.5, 0.6) is 0 Å². The van der Waals surface area contributed by atoms with Crippen LogP contribution in [0.2, 0.25) is 0 Å². The van der Waals surface area contributed by atoms with Crippen molar-refractivity contribution in [2.75, 3.05) is 6.54 Å². The first-order chi connectivity index (χ1) is 5.20. The lowest BCUT2D eigenvalue weighted by molar-refractivity contribution is 0.174. The van der Waals surface area contributed by atoms with E-state index in [1.807, 2.05) is 13.0 Å². The predicted octanol–water partition coefficient (Wildman–Crippen LogP) is 1.30. The van der Waals surface area contributed by atoms with E-state index >= 15 is 0 Å². The monoisotopic (exact) mass is 157 g/mol. The highest BCUT2D eigenvalue weighted by Gasteiger charge is 2.05. The lowest BCUT2D eigenvalue weighted by Crippen LogP contribution is -2.15. The van der Waals surface area contributed by atoms with Crippen molar-refractivity contribution < 1.29 is 5.11 Å². The van der Waals surface area contributed by atoms with E-state index in [1.165, 1.54) is 0 Å². The molecule has 0 amide bonds. The van der Waals surface area contributed by atoms with Crippen molar-refractivity contribution in [3.63, 3.8) is 0 Å². The predicted molar refractivity (Wildman–Crippen MR) is 48.3 cm³/mol. The standard InChI is InChI=1S/C9H19NO/c1-3-4-9(7-10)6-5-8(2)11/h3,8-9,11H,1,4-7,10H2,2H3. The molecular weight excluding hydrogens is 138 g/mol. The molecule has 11 heavy (non-hydrogen) atoms. The van der Waals surface area contributed by atoms with E-state index in [0.717, 1.165) is 19.3 Å². The van der Waals surface area contributed by atoms with Crippen LogP contribution in [0.4, 0.5) is 0 Å². The van der Waals surface area contributed by atoms with Crippen molar-refractivity contribution in [3.05, 3.63) is 12.7 Å². The van der Waals surface area contributed by atoms with E-state index in [4.69, 9.17) is 10.8 Å². The van der Waals surface area contributed by atoms with Gasteiger partial charge in [-0.3, -0.25) is 0 Å². The molecule has 3 N–H and O–H groups in total. The minimum atomic E-state index is -0.200. The van der Waals surface area contributed by atoms with Gasteiger partial charge in [0.25, 0.3) is 0 Å². The summed E-state index contributed by atoms with van der Waals surface area (Å²) < 4.78 is 0. The molecule has 0 aliphatic heterocycles. The summed E-state index contributed by atoms with van der Waals surface area (Å²) in [5.74, 6) is 0.502. The van der Waals surface area contributed by atoms with Crippen molar-refractivity contribution >= 4 is 0 Å². The topological polar surface area (TPSA) is 46.2 Å². The molecule has 0 rings (SSSR count). The highest BCUT2D eigenvalue weighted by atomic mass is 16.3. The first-order valence-corrected chi connectivity index (χ1v) is 4.19. The van der Waals surface area contributed by atoms with Gasteiger partial charge in [-0.1, -0.05) is 6.08 Å². The fraction of sp³-hybridized carbons (Fsp3) is 0.778. The second-order valence-corrected chi connectivity index (χ2v) is 3.05. The second-order valence-electron chi connectivity index (χ2n) is 3.05. The normalized spacial score (nSPS) is 15.9. The third-order valence-corrected chi connectivity index (χ3v) is 1.83. The van der Waals surface area contributed by atoms with Crippen molar-refractivity contribution in [2.45, 2.75) is 32.3 Å². The Bertz CT molecular complexity index is 102. The smallest absolute Gasteiger partial charge is 0.0512 e. The summed E-state index contributed by atoms with van der Waals surface area (Å²) in [7, 11) is 0. The van der Waals surface area contributed by atoms with Crippen molar-refractivity contribution in [1.29, 1.82) is 0 Å². The van der Waals surface area contributed by atoms with Gasteiger partial charge in [-0.05, 0) is 38.6 Å². The van der Waals surface area contributed by atoms with Crippen molar-refractivity contribution in [1.82, 2.24) is 0 Å². The third kappa shape index (κ3) is 6.07. The molecule has 2 atom stereocenters. The molecule has 2 heteroatoms. The lowest BCUT2D eigenvalue weighted by atomic mass is 9.98. The zero-order chi connectivity index (χ0) is 8.69. The van der Waals surface area contributed by atoms with Gasteiger partial charge in [0.1, 0.15) is 0 Å². The number of hydrogen-bond donors (Lipinski definition) is 2. The Balaban J connectivity index is 3.43. The summed E-state index contributed by atoms with van der Waals surface area (Å²) >= 11 is 0. The molecule has 0 saturated carbocycles. The molecule has 0 aliphatic rings. The van der Waals surface area contributed by atoms with Crippen LogP contribution in [-0.4, -0.2) is 17.8 Å². The molecule has 0 aliphatic carbocycles. The van der Waals surface area contributed by atoms with Crippen molar-refractivity contribution in [3.8, 4) is 0 Å². The Labute approximate surface area is 69.1 Å². The van der Waals surface area contributed by atoms with Gasteiger partial charge in [0.05, 0.1) is 6.10 Å². The van der Waals surface area contributed by atoms with Crippen LogP contribution in [0.25, 0.3) is 0 Å². The maximum absolute atomic E-state index is 9.00. The Morgan fingerprint density at radius 1 is 1.55 bits per heavy atom. The summed E-state index contributed by atoms with van der Waals surface area (Å²) in [5, 5.41) is 9.00. The Kier molecular flexibility index (Phi) is 6.18. The summed E-state index contributed by atoms with van der Waals surface area (Å²) in [5.41, 5.74) is 5.52. The maximum atomic E-state index is 9.00. The molecule has 0 aromatic rings. The van der Waals surface area contributed by atoms with Gasteiger partial charge in [0.2, 0.25) is 0 Å². The summed E-state index contributed by atoms with van der Waals surface area (Å²) in [6, 6.07) is 0. The molecule has 0 heterocycles. The molecule has 0 fully saturated rings. The first-order valence-electron chi connectivity index (χ1n) is 4.19. The fourth-order valence-corrected chi connectivity index (χ4v) is 1.04. The van der Waals surface area contributed by atoms with Gasteiger partial charge in [0, 0.05) is 0 Å². The Hall–Kier alpha value is -0.340. The van der Waals surface area contributed by atoms with Gasteiger partial charge in [-0.2, -0.15) is 0 Å². The molecule has 66 valence electrons. The van der Waals surface area contributed by atoms with Gasteiger partial charge in [-0.25, -0.2) is 0 Å². The van der Waals surface area contributed by atoms with Crippen LogP contribution in [0.3, 0.4) is 0 Å². The van der Waals surface area contributed by atoms with E-state index in [-0.39, 0.29) is 6.10 Å². The van der Waals surface area contributed by atoms with E-state index in [2.05, 4.69) is 6.58 Å². The largest absolute Gasteiger partial charge is 0.393 e. The van der Waals surface area contributed by atoms with Crippen molar-refractivity contribution in [2.24, 2.45) is 11.7 Å². The minimum Gasteiger partial charge on any atom is -0.393 e. The Morgan fingerprint density at radius 3 is 2.55 bits per heavy atom. The molecule has 0 bridgehead atoms. The number of aliphatic hydroxyl groups excluding tert-OH is 1. The van der Waals surface area contributed by atoms with Crippen LogP contribution in [-0.2, 0) is 0 Å². The van der Waals surface area contributed by atoms with Gasteiger partial charge in [0.15, 0.2) is 0 Å². The van der Waals surface area contributed by atoms with E-state index in [0.29, 0.717) is 12.5 Å². The van der Waals surface area contributed by atoms with E-state index < -0.39 is 0 Å². The molecular formula is C9H19NO. The van der Waals surface area contributed by atoms with E-state index in [9.17, 15) is 0 Å². The van der Waals surface area contributed by atoms with Gasteiger partial charge >= 0.3 is 0 Å². The molecule has 0 aromatic carbocycles. The average Bonchev–Trinajstić information content (AvgIpc) is 1.97. The zero-order valence-corrected chi connectivity index (χ0v) is 7.29. The number of rotatable bonds is 6. The number of aliphatic hydroxyl groups is 1. The molecule has 0 aromatic heterocycles. The van der Waals surface area contributed by atoms with Gasteiger partial charge in [-0.15, -0.1) is 6.58 Å². The Morgan fingerprint density at radius 2 is 2.18 bits per heavy atom. The average molecular weight is 157 g/mol. The molecule has 0 radical (unpaired) electrons. The summed E-state index contributed by atoms with van der Waals surface area (Å²) in [6.07, 6.45) is 4.49. The lowest BCUT2D eigenvalue weighted by Gasteiger charge is -2.12. The van der Waals surface area contributed by atoms with Crippen LogP contribution in [0.15, 0.2) is 12.7 Å². The molecule has 0 saturated heterocycles. The third-order valence-electron chi connectivity index (χ3n) is 1.83. The zero-order valence-electron chi connectivity index (χ0n) is 7.29. The quantitative estimate of drug-likeness (QED) is 0.571. The van der Waals surface area contributed by atoms with E-state index in [1.54, 1.807) is 0 Å². The highest BCUT2D eigenvalue weighted by Crippen LogP contribution is 2.11. The van der Waals surface area contributed by atoms with Crippen LogP contribution >= 0.6 is 0 Å². The number of allylic oxidation sites excluding steroid dienone is 1. The minimum absolute atomic E-state index is 0.200. The van der Waals surface area contributed by atoms with Crippen LogP contribution in [0.1, 0.15) is 26.2 Å². The first kappa shape index (κ1) is 10.7. The molecule has 2 nitrogen and oxygen atoms in total. The summed E-state index contributed by atoms with van der Waals surface area (Å²) in [4.78, 5) is 0. The summed E-state index contributed by atoms with van der Waals surface area (Å²) in [6.45, 7) is 6.16. The number of nitrogens with two attached hydrogens (primary N) is 1. The maximum Gasteiger partial charge on any atom is 0.0512 e. The second kappa shape index (κ2) is 6.38. The van der Waals surface area contributed by atoms with Crippen LogP contribution in [0, 0.1) is 5.92 Å². The highest BCUT2D eigenvalue weighted by molar-refractivity contribution is 4.74. The SMILES string of the molecule is C=CCC(CN)CCC(C)O. The van der Waals surface area contributed by atoms with Gasteiger partial charge < -0.3 is 10.8 Å². The molecule has 0 spiro atoms. The molecule has 2 unspecified atom stereocenters.